The molecule has 30 heavy (non-hydrogen) atoms. The Bertz CT molecular complexity index is 1180. The predicted octanol–water partition coefficient (Wildman–Crippen LogP) is 4.54. The molecule has 148 valence electrons. The van der Waals surface area contributed by atoms with Gasteiger partial charge in [-0.05, 0) is 24.3 Å². The molecule has 0 aliphatic rings. The zero-order valence-corrected chi connectivity index (χ0v) is 16.6. The molecule has 0 atom stereocenters. The van der Waals surface area contributed by atoms with Crippen molar-refractivity contribution in [1.29, 1.82) is 0 Å². The monoisotopic (exact) mass is 419 g/mol. The van der Waals surface area contributed by atoms with Crippen LogP contribution in [-0.2, 0) is 13.6 Å². The number of hydrogen-bond donors (Lipinski definition) is 0. The molecule has 0 radical (unpaired) electrons. The van der Waals surface area contributed by atoms with Crippen LogP contribution in [0, 0.1) is 0 Å². The lowest BCUT2D eigenvalue weighted by atomic mass is 10.2. The van der Waals surface area contributed by atoms with E-state index < -0.39 is 33.0 Å². The van der Waals surface area contributed by atoms with Crippen LogP contribution >= 0.6 is 8.25 Å². The summed E-state index contributed by atoms with van der Waals surface area (Å²) in [4.78, 5) is 33.0. The maximum absolute atomic E-state index is 12.2. The number of rotatable bonds is 8. The minimum Gasteiger partial charge on any atom is -0.290 e. The topological polar surface area (TPSA) is 95.5 Å². The van der Waals surface area contributed by atoms with Crippen LogP contribution in [0.2, 0.25) is 0 Å². The highest BCUT2D eigenvalue weighted by Gasteiger charge is 2.26. The lowest BCUT2D eigenvalue weighted by Crippen LogP contribution is -2.11. The number of para-hydroxylation sites is 2. The first-order valence-corrected chi connectivity index (χ1v) is 10.2. The minimum atomic E-state index is -2.64. The van der Waals surface area contributed by atoms with Gasteiger partial charge in [0.05, 0.1) is 11.0 Å². The van der Waals surface area contributed by atoms with Crippen LogP contribution < -0.4 is 0 Å². The van der Waals surface area contributed by atoms with Crippen LogP contribution in [0.5, 0.6) is 0 Å². The number of pyridine rings is 2. The Kier molecular flexibility index (Phi) is 5.95. The Morgan fingerprint density at radius 3 is 1.57 bits per heavy atom. The Balaban J connectivity index is 1.30. The molecule has 2 heterocycles. The number of carbonyl (C=O) groups excluding carboxylic acids is 2. The second-order valence-corrected chi connectivity index (χ2v) is 7.36. The summed E-state index contributed by atoms with van der Waals surface area (Å²) >= 11 is 0. The summed E-state index contributed by atoms with van der Waals surface area (Å²) in [6, 6.07) is 21.5. The zero-order chi connectivity index (χ0) is 20.9. The van der Waals surface area contributed by atoms with Crippen molar-refractivity contribution in [2.45, 2.75) is 0 Å². The number of carbonyl (C=O) groups is 2. The number of ketones is 2. The standard InChI is InChI=1S/C22H16N2O5P/c25-21(19-11-9-15-5-1-3-7-17(15)23-19)13-28-30(27)29-14-22(26)20-12-10-16-6-2-4-8-18(16)24-20/h1-12H,13-14H2/q+1. The lowest BCUT2D eigenvalue weighted by molar-refractivity contribution is 0.0872. The SMILES string of the molecule is O=C(CO[P+](=O)OCC(=O)c1ccc2ccccc2n1)c1ccc2ccccc2n1. The number of benzene rings is 2. The van der Waals surface area contributed by atoms with Gasteiger partial charge in [0.1, 0.15) is 11.4 Å². The molecule has 0 fully saturated rings. The molecule has 0 N–H and O–H groups in total. The van der Waals surface area contributed by atoms with E-state index in [1.807, 2.05) is 36.4 Å². The van der Waals surface area contributed by atoms with Crippen LogP contribution in [0.15, 0.2) is 72.8 Å². The van der Waals surface area contributed by atoms with Crippen LogP contribution in [0.4, 0.5) is 0 Å². The summed E-state index contributed by atoms with van der Waals surface area (Å²) in [6.07, 6.45) is 0. The maximum Gasteiger partial charge on any atom is 0.698 e. The third kappa shape index (κ3) is 4.60. The van der Waals surface area contributed by atoms with E-state index in [2.05, 4.69) is 9.97 Å². The van der Waals surface area contributed by atoms with Crippen molar-refractivity contribution in [3.05, 3.63) is 84.2 Å². The molecule has 0 saturated heterocycles. The number of nitrogens with zero attached hydrogens (tertiary/aromatic N) is 2. The van der Waals surface area contributed by atoms with Gasteiger partial charge in [-0.1, -0.05) is 48.5 Å². The fourth-order valence-corrected chi connectivity index (χ4v) is 3.37. The summed E-state index contributed by atoms with van der Waals surface area (Å²) in [6.45, 7) is -0.939. The highest BCUT2D eigenvalue weighted by molar-refractivity contribution is 7.33. The Morgan fingerprint density at radius 2 is 1.10 bits per heavy atom. The van der Waals surface area contributed by atoms with Gasteiger partial charge in [-0.3, -0.25) is 9.59 Å². The molecule has 0 aliphatic heterocycles. The first-order chi connectivity index (χ1) is 14.6. The van der Waals surface area contributed by atoms with E-state index >= 15 is 0 Å². The van der Waals surface area contributed by atoms with Crippen molar-refractivity contribution in [3.63, 3.8) is 0 Å². The third-order valence-electron chi connectivity index (χ3n) is 4.37. The van der Waals surface area contributed by atoms with E-state index in [0.717, 1.165) is 10.8 Å². The van der Waals surface area contributed by atoms with E-state index in [1.165, 1.54) is 0 Å². The number of fused-ring (bicyclic) bond motifs is 2. The molecule has 7 nitrogen and oxygen atoms in total. The van der Waals surface area contributed by atoms with Crippen LogP contribution in [0.3, 0.4) is 0 Å². The van der Waals surface area contributed by atoms with Crippen molar-refractivity contribution in [2.24, 2.45) is 0 Å². The fourth-order valence-electron chi connectivity index (χ4n) is 2.85. The molecule has 0 amide bonds. The second-order valence-electron chi connectivity index (χ2n) is 6.40. The van der Waals surface area contributed by atoms with Gasteiger partial charge in [-0.2, -0.15) is 0 Å². The molecule has 8 heteroatoms. The van der Waals surface area contributed by atoms with Gasteiger partial charge in [0.2, 0.25) is 11.6 Å². The fraction of sp³-hybridized carbons (Fsp3) is 0.0909. The van der Waals surface area contributed by atoms with Crippen molar-refractivity contribution < 1.29 is 23.2 Å². The summed E-state index contributed by atoms with van der Waals surface area (Å²) < 4.78 is 21.8. The molecule has 0 aliphatic carbocycles. The number of aromatic nitrogens is 2. The van der Waals surface area contributed by atoms with Crippen molar-refractivity contribution in [1.82, 2.24) is 9.97 Å². The van der Waals surface area contributed by atoms with Crippen LogP contribution in [-0.4, -0.2) is 34.7 Å². The molecule has 0 saturated carbocycles. The highest BCUT2D eigenvalue weighted by atomic mass is 31.1. The minimum absolute atomic E-state index is 0.202. The number of Topliss-reactive ketones (excluding diaryl/α,β-unsaturated/α-hetero) is 2. The van der Waals surface area contributed by atoms with Crippen LogP contribution in [0.1, 0.15) is 21.0 Å². The summed E-state index contributed by atoms with van der Waals surface area (Å²) in [5.74, 6) is -0.870. The first-order valence-electron chi connectivity index (χ1n) is 9.11. The highest BCUT2D eigenvalue weighted by Crippen LogP contribution is 2.24. The van der Waals surface area contributed by atoms with E-state index in [0.29, 0.717) is 11.0 Å². The molecule has 4 rings (SSSR count). The predicted molar refractivity (Wildman–Crippen MR) is 112 cm³/mol. The van der Waals surface area contributed by atoms with Crippen molar-refractivity contribution in [3.8, 4) is 0 Å². The molecule has 2 aromatic carbocycles. The van der Waals surface area contributed by atoms with Gasteiger partial charge in [0.25, 0.3) is 0 Å². The number of hydrogen-bond acceptors (Lipinski definition) is 7. The molecule has 0 spiro atoms. The lowest BCUT2D eigenvalue weighted by Gasteiger charge is -2.00. The second kappa shape index (κ2) is 8.97. The third-order valence-corrected chi connectivity index (χ3v) is 5.05. The van der Waals surface area contributed by atoms with Gasteiger partial charge in [-0.25, -0.2) is 9.97 Å². The average molecular weight is 419 g/mol. The first kappa shape index (κ1) is 19.9. The van der Waals surface area contributed by atoms with Gasteiger partial charge < -0.3 is 0 Å². The smallest absolute Gasteiger partial charge is 0.290 e. The summed E-state index contributed by atoms with van der Waals surface area (Å²) in [7, 11) is -2.64. The molecular weight excluding hydrogens is 403 g/mol. The average Bonchev–Trinajstić information content (AvgIpc) is 2.80. The van der Waals surface area contributed by atoms with E-state index in [4.69, 9.17) is 9.05 Å². The normalized spacial score (nSPS) is 10.9. The van der Waals surface area contributed by atoms with E-state index in [1.54, 1.807) is 36.4 Å². The molecular formula is C22H16N2O5P+. The quantitative estimate of drug-likeness (QED) is 0.306. The van der Waals surface area contributed by atoms with E-state index in [-0.39, 0.29) is 11.4 Å². The molecule has 0 unspecified atom stereocenters. The summed E-state index contributed by atoms with van der Waals surface area (Å²) in [5, 5.41) is 1.82. The maximum atomic E-state index is 12.2. The van der Waals surface area contributed by atoms with Gasteiger partial charge in [-0.15, -0.1) is 9.05 Å². The molecule has 2 aromatic heterocycles. The molecule has 0 bridgehead atoms. The van der Waals surface area contributed by atoms with Gasteiger partial charge in [0.15, 0.2) is 13.2 Å². The van der Waals surface area contributed by atoms with E-state index in [9.17, 15) is 14.2 Å². The largest absolute Gasteiger partial charge is 0.698 e. The Morgan fingerprint density at radius 1 is 0.667 bits per heavy atom. The zero-order valence-electron chi connectivity index (χ0n) is 15.7. The van der Waals surface area contributed by atoms with Crippen molar-refractivity contribution in [2.75, 3.05) is 13.2 Å². The Hall–Kier alpha value is -3.38. The van der Waals surface area contributed by atoms with Crippen molar-refractivity contribution >= 4 is 41.6 Å². The van der Waals surface area contributed by atoms with Gasteiger partial charge in [0, 0.05) is 15.3 Å². The van der Waals surface area contributed by atoms with Crippen LogP contribution in [0.25, 0.3) is 21.8 Å². The Labute approximate surface area is 172 Å². The molecule has 4 aromatic rings. The van der Waals surface area contributed by atoms with Gasteiger partial charge >= 0.3 is 8.25 Å². The summed E-state index contributed by atoms with van der Waals surface area (Å²) in [5.41, 5.74) is 1.76.